The molecule has 5 nitrogen and oxygen atoms in total. The van der Waals surface area contributed by atoms with E-state index in [-0.39, 0.29) is 11.6 Å². The van der Waals surface area contributed by atoms with Crippen LogP contribution in [0.1, 0.15) is 16.2 Å². The van der Waals surface area contributed by atoms with Crippen LogP contribution in [0.5, 0.6) is 0 Å². The Morgan fingerprint density at radius 1 is 1.07 bits per heavy atom. The Hall–Kier alpha value is -3.03. The molecule has 30 heavy (non-hydrogen) atoms. The van der Waals surface area contributed by atoms with E-state index in [1.54, 1.807) is 35.0 Å². The number of anilines is 1. The predicted octanol–water partition coefficient (Wildman–Crippen LogP) is 6.05. The van der Waals surface area contributed by atoms with Crippen molar-refractivity contribution in [2.75, 3.05) is 5.32 Å². The third-order valence-corrected chi connectivity index (χ3v) is 5.44. The number of carbonyl (C=O) groups is 1. The van der Waals surface area contributed by atoms with Crippen molar-refractivity contribution in [3.8, 4) is 17.1 Å². The molecule has 0 bridgehead atoms. The maximum Gasteiger partial charge on any atom is 0.295 e. The molecule has 0 aliphatic heterocycles. The normalized spacial score (nSPS) is 10.8. The molecule has 4 aromatic rings. The summed E-state index contributed by atoms with van der Waals surface area (Å²) in [5.74, 6) is -0.427. The molecule has 0 aliphatic carbocycles. The molecule has 0 radical (unpaired) electrons. The van der Waals surface area contributed by atoms with Crippen LogP contribution in [0, 0.1) is 12.7 Å². The molecule has 1 amide bonds. The summed E-state index contributed by atoms with van der Waals surface area (Å²) < 4.78 is 15.9. The summed E-state index contributed by atoms with van der Waals surface area (Å²) in [5.41, 5.74) is 2.67. The van der Waals surface area contributed by atoms with Crippen molar-refractivity contribution in [2.45, 2.75) is 6.92 Å². The summed E-state index contributed by atoms with van der Waals surface area (Å²) in [6, 6.07) is 18.5. The minimum absolute atomic E-state index is 0.0170. The van der Waals surface area contributed by atoms with Gasteiger partial charge in [-0.05, 0) is 73.2 Å². The fraction of sp³-hybridized carbons (Fsp3) is 0.0455. The van der Waals surface area contributed by atoms with Crippen molar-refractivity contribution in [3.05, 3.63) is 93.4 Å². The summed E-state index contributed by atoms with van der Waals surface area (Å²) >= 11 is 9.54. The summed E-state index contributed by atoms with van der Waals surface area (Å²) in [7, 11) is 0. The highest BCUT2D eigenvalue weighted by molar-refractivity contribution is 9.10. The quantitative estimate of drug-likeness (QED) is 0.383. The molecule has 0 saturated carbocycles. The molecule has 0 aliphatic rings. The van der Waals surface area contributed by atoms with E-state index in [4.69, 9.17) is 11.6 Å². The lowest BCUT2D eigenvalue weighted by molar-refractivity contribution is 0.101. The van der Waals surface area contributed by atoms with Gasteiger partial charge in [-0.3, -0.25) is 4.79 Å². The number of hydrogen-bond donors (Lipinski definition) is 1. The number of nitrogens with zero attached hydrogens (tertiary/aromatic N) is 3. The van der Waals surface area contributed by atoms with Crippen LogP contribution < -0.4 is 5.32 Å². The fourth-order valence-electron chi connectivity index (χ4n) is 2.88. The van der Waals surface area contributed by atoms with E-state index in [1.807, 2.05) is 31.2 Å². The number of amides is 1. The molecular formula is C22H15BrClFN4O. The third kappa shape index (κ3) is 4.13. The topological polar surface area (TPSA) is 59.8 Å². The van der Waals surface area contributed by atoms with Crippen LogP contribution in [-0.2, 0) is 0 Å². The zero-order chi connectivity index (χ0) is 21.3. The van der Waals surface area contributed by atoms with Crippen LogP contribution in [0.15, 0.2) is 71.2 Å². The van der Waals surface area contributed by atoms with Crippen molar-refractivity contribution in [2.24, 2.45) is 0 Å². The second-order valence-corrected chi connectivity index (χ2v) is 7.84. The molecule has 1 heterocycles. The molecule has 1 aromatic heterocycles. The van der Waals surface area contributed by atoms with Gasteiger partial charge >= 0.3 is 0 Å². The van der Waals surface area contributed by atoms with Gasteiger partial charge in [0, 0.05) is 20.7 Å². The summed E-state index contributed by atoms with van der Waals surface area (Å²) in [4.78, 5) is 17.3. The highest BCUT2D eigenvalue weighted by Gasteiger charge is 2.20. The fourth-order valence-corrected chi connectivity index (χ4v) is 3.32. The second-order valence-electron chi connectivity index (χ2n) is 6.52. The Balaban J connectivity index is 1.76. The molecule has 8 heteroatoms. The van der Waals surface area contributed by atoms with Gasteiger partial charge in [-0.25, -0.2) is 14.1 Å². The van der Waals surface area contributed by atoms with E-state index in [1.165, 1.54) is 12.1 Å². The van der Waals surface area contributed by atoms with E-state index >= 15 is 0 Å². The summed E-state index contributed by atoms with van der Waals surface area (Å²) in [6.07, 6.45) is 0. The lowest BCUT2D eigenvalue weighted by Gasteiger charge is -2.07. The monoisotopic (exact) mass is 484 g/mol. The van der Waals surface area contributed by atoms with Crippen molar-refractivity contribution in [1.82, 2.24) is 14.8 Å². The van der Waals surface area contributed by atoms with E-state index < -0.39 is 5.91 Å². The second kappa shape index (κ2) is 8.38. The van der Waals surface area contributed by atoms with Gasteiger partial charge in [0.1, 0.15) is 5.82 Å². The first kappa shape index (κ1) is 20.3. The molecule has 0 spiro atoms. The number of rotatable bonds is 4. The molecule has 0 atom stereocenters. The van der Waals surface area contributed by atoms with Gasteiger partial charge < -0.3 is 5.32 Å². The molecule has 0 unspecified atom stereocenters. The number of carbonyl (C=O) groups excluding carboxylic acids is 1. The predicted molar refractivity (Wildman–Crippen MR) is 119 cm³/mol. The maximum absolute atomic E-state index is 13.4. The Labute approximate surface area is 185 Å². The third-order valence-electron chi connectivity index (χ3n) is 4.50. The largest absolute Gasteiger partial charge is 0.319 e. The Morgan fingerprint density at radius 2 is 1.77 bits per heavy atom. The smallest absolute Gasteiger partial charge is 0.295 e. The van der Waals surface area contributed by atoms with Gasteiger partial charge in [0.25, 0.3) is 5.91 Å². The highest BCUT2D eigenvalue weighted by atomic mass is 79.9. The average molecular weight is 486 g/mol. The number of hydrogen-bond acceptors (Lipinski definition) is 3. The van der Waals surface area contributed by atoms with Gasteiger partial charge in [-0.1, -0.05) is 33.6 Å². The Morgan fingerprint density at radius 3 is 2.47 bits per heavy atom. The lowest BCUT2D eigenvalue weighted by atomic mass is 10.2. The summed E-state index contributed by atoms with van der Waals surface area (Å²) in [5, 5.41) is 7.76. The van der Waals surface area contributed by atoms with Gasteiger partial charge in [0.15, 0.2) is 5.82 Å². The molecule has 0 fully saturated rings. The van der Waals surface area contributed by atoms with Crippen LogP contribution in [0.4, 0.5) is 10.1 Å². The number of aromatic nitrogens is 3. The first-order valence-electron chi connectivity index (χ1n) is 8.98. The maximum atomic E-state index is 13.4. The van der Waals surface area contributed by atoms with Crippen molar-refractivity contribution >= 4 is 39.1 Å². The lowest BCUT2D eigenvalue weighted by Crippen LogP contribution is -2.15. The molecular weight excluding hydrogens is 471 g/mol. The van der Waals surface area contributed by atoms with Gasteiger partial charge in [0.05, 0.1) is 5.69 Å². The minimum atomic E-state index is -0.473. The SMILES string of the molecule is Cc1c(Cl)cccc1NC(=O)c1nc(-c2ccc(F)cc2)n(-c2ccc(Br)cc2)n1. The Bertz CT molecular complexity index is 1160. The number of nitrogens with one attached hydrogen (secondary N) is 1. The van der Waals surface area contributed by atoms with Crippen molar-refractivity contribution < 1.29 is 9.18 Å². The van der Waals surface area contributed by atoms with Crippen LogP contribution >= 0.6 is 27.5 Å². The molecule has 150 valence electrons. The average Bonchev–Trinajstić information content (AvgIpc) is 3.18. The summed E-state index contributed by atoms with van der Waals surface area (Å²) in [6.45, 7) is 1.82. The number of benzene rings is 3. The standard InChI is InChI=1S/C22H15BrClFN4O/c1-13-18(24)3-2-4-19(13)26-22(30)20-27-21(14-5-9-16(25)10-6-14)29(28-20)17-11-7-15(23)8-12-17/h2-12H,1H3,(H,26,30). The van der Waals surface area contributed by atoms with E-state index in [9.17, 15) is 9.18 Å². The first-order chi connectivity index (χ1) is 14.4. The molecule has 3 aromatic carbocycles. The van der Waals surface area contributed by atoms with Gasteiger partial charge in [-0.2, -0.15) is 0 Å². The van der Waals surface area contributed by atoms with E-state index in [2.05, 4.69) is 31.3 Å². The number of halogens is 3. The molecule has 4 rings (SSSR count). The van der Waals surface area contributed by atoms with E-state index in [0.29, 0.717) is 27.8 Å². The van der Waals surface area contributed by atoms with Gasteiger partial charge in [0.2, 0.25) is 5.82 Å². The van der Waals surface area contributed by atoms with Crippen LogP contribution in [-0.4, -0.2) is 20.7 Å². The zero-order valence-electron chi connectivity index (χ0n) is 15.7. The van der Waals surface area contributed by atoms with Crippen LogP contribution in [0.3, 0.4) is 0 Å². The molecule has 0 saturated heterocycles. The van der Waals surface area contributed by atoms with Crippen LogP contribution in [0.25, 0.3) is 17.1 Å². The minimum Gasteiger partial charge on any atom is -0.319 e. The first-order valence-corrected chi connectivity index (χ1v) is 10.1. The van der Waals surface area contributed by atoms with E-state index in [0.717, 1.165) is 10.0 Å². The zero-order valence-corrected chi connectivity index (χ0v) is 18.1. The van der Waals surface area contributed by atoms with Gasteiger partial charge in [-0.15, -0.1) is 5.10 Å². The Kier molecular flexibility index (Phi) is 5.65. The van der Waals surface area contributed by atoms with Crippen molar-refractivity contribution in [1.29, 1.82) is 0 Å². The highest BCUT2D eigenvalue weighted by Crippen LogP contribution is 2.25. The van der Waals surface area contributed by atoms with Crippen molar-refractivity contribution in [3.63, 3.8) is 0 Å². The van der Waals surface area contributed by atoms with Crippen LogP contribution in [0.2, 0.25) is 5.02 Å². The molecule has 1 N–H and O–H groups in total.